The third kappa shape index (κ3) is 8.19. The fourth-order valence-electron chi connectivity index (χ4n) is 1.00. The van der Waals surface area contributed by atoms with E-state index in [-0.39, 0.29) is 5.91 Å². The molecule has 4 nitrogen and oxygen atoms in total. The SMILES string of the molecule is CNC(=O)CCNC(C)CCS(C)=O. The van der Waals surface area contributed by atoms with Gasteiger partial charge in [-0.3, -0.25) is 9.00 Å². The predicted molar refractivity (Wildman–Crippen MR) is 59.7 cm³/mol. The molecule has 1 amide bonds. The normalized spacial score (nSPS) is 14.8. The maximum Gasteiger partial charge on any atom is 0.221 e. The van der Waals surface area contributed by atoms with Crippen molar-refractivity contribution < 1.29 is 9.00 Å². The van der Waals surface area contributed by atoms with Crippen LogP contribution in [0.15, 0.2) is 0 Å². The van der Waals surface area contributed by atoms with Crippen molar-refractivity contribution >= 4 is 16.7 Å². The van der Waals surface area contributed by atoms with Crippen LogP contribution >= 0.6 is 0 Å². The first-order valence-corrected chi connectivity index (χ1v) is 6.53. The van der Waals surface area contributed by atoms with Crippen molar-refractivity contribution in [2.75, 3.05) is 25.6 Å². The number of hydrogen-bond donors (Lipinski definition) is 2. The van der Waals surface area contributed by atoms with E-state index in [1.54, 1.807) is 13.3 Å². The van der Waals surface area contributed by atoms with Crippen LogP contribution in [0.4, 0.5) is 0 Å². The standard InChI is InChI=1S/C9H20N2O2S/c1-8(5-7-14(3)13)11-6-4-9(12)10-2/h8,11H,4-7H2,1-3H3,(H,10,12). The van der Waals surface area contributed by atoms with Crippen LogP contribution in [-0.4, -0.2) is 41.8 Å². The average molecular weight is 220 g/mol. The van der Waals surface area contributed by atoms with Gasteiger partial charge < -0.3 is 10.6 Å². The summed E-state index contributed by atoms with van der Waals surface area (Å²) in [5, 5.41) is 5.77. The topological polar surface area (TPSA) is 58.2 Å². The molecule has 0 fully saturated rings. The van der Waals surface area contributed by atoms with Crippen LogP contribution in [0.5, 0.6) is 0 Å². The van der Waals surface area contributed by atoms with E-state index in [0.29, 0.717) is 24.8 Å². The number of rotatable bonds is 7. The molecule has 0 aliphatic heterocycles. The predicted octanol–water partition coefficient (Wildman–Crippen LogP) is -0.131. The van der Waals surface area contributed by atoms with E-state index in [0.717, 1.165) is 6.42 Å². The molecule has 0 aliphatic carbocycles. The van der Waals surface area contributed by atoms with Gasteiger partial charge in [0.05, 0.1) is 0 Å². The van der Waals surface area contributed by atoms with Crippen LogP contribution in [0.1, 0.15) is 19.8 Å². The van der Waals surface area contributed by atoms with Crippen molar-refractivity contribution in [1.29, 1.82) is 0 Å². The third-order valence-corrected chi connectivity index (χ3v) is 2.77. The molecule has 0 saturated heterocycles. The second-order valence-electron chi connectivity index (χ2n) is 3.34. The summed E-state index contributed by atoms with van der Waals surface area (Å²) in [5.74, 6) is 0.762. The summed E-state index contributed by atoms with van der Waals surface area (Å²) in [7, 11) is 0.910. The van der Waals surface area contributed by atoms with Crippen molar-refractivity contribution in [3.05, 3.63) is 0 Å². The van der Waals surface area contributed by atoms with Crippen LogP contribution in [0, 0.1) is 0 Å². The van der Waals surface area contributed by atoms with Crippen LogP contribution in [0.3, 0.4) is 0 Å². The molecule has 0 saturated carbocycles. The Labute approximate surface area is 88.3 Å². The van der Waals surface area contributed by atoms with Gasteiger partial charge in [0.25, 0.3) is 0 Å². The minimum atomic E-state index is -0.721. The number of hydrogen-bond acceptors (Lipinski definition) is 3. The molecule has 2 N–H and O–H groups in total. The highest BCUT2D eigenvalue weighted by molar-refractivity contribution is 7.84. The number of carbonyl (C=O) groups is 1. The van der Waals surface area contributed by atoms with Crippen molar-refractivity contribution in [2.45, 2.75) is 25.8 Å². The smallest absolute Gasteiger partial charge is 0.221 e. The number of nitrogens with one attached hydrogen (secondary N) is 2. The van der Waals surface area contributed by atoms with Crippen LogP contribution in [0.25, 0.3) is 0 Å². The van der Waals surface area contributed by atoms with Gasteiger partial charge >= 0.3 is 0 Å². The van der Waals surface area contributed by atoms with E-state index in [9.17, 15) is 9.00 Å². The highest BCUT2D eigenvalue weighted by Gasteiger charge is 2.03. The Morgan fingerprint density at radius 3 is 2.64 bits per heavy atom. The minimum Gasteiger partial charge on any atom is -0.359 e. The molecule has 0 aliphatic rings. The summed E-state index contributed by atoms with van der Waals surface area (Å²) < 4.78 is 10.8. The van der Waals surface area contributed by atoms with E-state index in [4.69, 9.17) is 0 Å². The lowest BCUT2D eigenvalue weighted by Gasteiger charge is -2.12. The number of carbonyl (C=O) groups excluding carboxylic acids is 1. The fraction of sp³-hybridized carbons (Fsp3) is 0.889. The monoisotopic (exact) mass is 220 g/mol. The summed E-state index contributed by atoms with van der Waals surface area (Å²) in [6, 6.07) is 0.323. The lowest BCUT2D eigenvalue weighted by Crippen LogP contribution is -2.31. The Balaban J connectivity index is 3.39. The molecule has 0 rings (SSSR count). The summed E-state index contributed by atoms with van der Waals surface area (Å²) in [6.07, 6.45) is 3.09. The lowest BCUT2D eigenvalue weighted by atomic mass is 10.2. The first kappa shape index (κ1) is 13.6. The van der Waals surface area contributed by atoms with Gasteiger partial charge in [-0.05, 0) is 13.3 Å². The molecular formula is C9H20N2O2S. The molecule has 5 heteroatoms. The zero-order chi connectivity index (χ0) is 11.0. The van der Waals surface area contributed by atoms with Gasteiger partial charge in [0.1, 0.15) is 0 Å². The van der Waals surface area contributed by atoms with Crippen LogP contribution in [0.2, 0.25) is 0 Å². The van der Waals surface area contributed by atoms with Crippen molar-refractivity contribution in [2.24, 2.45) is 0 Å². The van der Waals surface area contributed by atoms with E-state index in [2.05, 4.69) is 10.6 Å². The van der Waals surface area contributed by atoms with E-state index >= 15 is 0 Å². The van der Waals surface area contributed by atoms with E-state index in [1.807, 2.05) is 6.92 Å². The Bertz CT molecular complexity index is 197. The molecule has 0 bridgehead atoms. The fourth-order valence-corrected chi connectivity index (χ4v) is 1.69. The molecule has 0 radical (unpaired) electrons. The van der Waals surface area contributed by atoms with Crippen LogP contribution < -0.4 is 10.6 Å². The zero-order valence-electron chi connectivity index (χ0n) is 9.13. The van der Waals surface area contributed by atoms with Gasteiger partial charge in [0.15, 0.2) is 0 Å². The maximum absolute atomic E-state index is 10.9. The highest BCUT2D eigenvalue weighted by Crippen LogP contribution is 1.92. The molecule has 2 unspecified atom stereocenters. The summed E-state index contributed by atoms with van der Waals surface area (Å²) in [5.41, 5.74) is 0. The Morgan fingerprint density at radius 2 is 2.14 bits per heavy atom. The van der Waals surface area contributed by atoms with E-state index < -0.39 is 10.8 Å². The van der Waals surface area contributed by atoms with E-state index in [1.165, 1.54) is 0 Å². The molecule has 0 spiro atoms. The first-order valence-electron chi connectivity index (χ1n) is 4.80. The molecule has 0 aromatic rings. The summed E-state index contributed by atoms with van der Waals surface area (Å²) in [6.45, 7) is 2.72. The molecule has 0 aromatic carbocycles. The van der Waals surface area contributed by atoms with Gasteiger partial charge in [-0.1, -0.05) is 0 Å². The van der Waals surface area contributed by atoms with Gasteiger partial charge in [0.2, 0.25) is 5.91 Å². The highest BCUT2D eigenvalue weighted by atomic mass is 32.2. The maximum atomic E-state index is 10.9. The average Bonchev–Trinajstić information content (AvgIpc) is 2.14. The van der Waals surface area contributed by atoms with Gasteiger partial charge in [0, 0.05) is 48.9 Å². The lowest BCUT2D eigenvalue weighted by molar-refractivity contribution is -0.120. The second kappa shape index (κ2) is 7.94. The van der Waals surface area contributed by atoms with Crippen molar-refractivity contribution in [1.82, 2.24) is 10.6 Å². The van der Waals surface area contributed by atoms with Gasteiger partial charge in [-0.15, -0.1) is 0 Å². The zero-order valence-corrected chi connectivity index (χ0v) is 9.95. The minimum absolute atomic E-state index is 0.0452. The Kier molecular flexibility index (Phi) is 7.70. The molecule has 0 aromatic heterocycles. The molecule has 84 valence electrons. The quantitative estimate of drug-likeness (QED) is 0.628. The van der Waals surface area contributed by atoms with Crippen LogP contribution in [-0.2, 0) is 15.6 Å². The third-order valence-electron chi connectivity index (χ3n) is 1.96. The molecule has 0 heterocycles. The van der Waals surface area contributed by atoms with Gasteiger partial charge in [-0.25, -0.2) is 0 Å². The molecular weight excluding hydrogens is 200 g/mol. The number of amides is 1. The Hall–Kier alpha value is -0.420. The largest absolute Gasteiger partial charge is 0.359 e. The first-order chi connectivity index (χ1) is 6.56. The second-order valence-corrected chi connectivity index (χ2v) is 4.90. The Morgan fingerprint density at radius 1 is 1.50 bits per heavy atom. The van der Waals surface area contributed by atoms with Crippen molar-refractivity contribution in [3.63, 3.8) is 0 Å². The summed E-state index contributed by atoms with van der Waals surface area (Å²) >= 11 is 0. The van der Waals surface area contributed by atoms with Crippen molar-refractivity contribution in [3.8, 4) is 0 Å². The molecule has 2 atom stereocenters. The van der Waals surface area contributed by atoms with Gasteiger partial charge in [-0.2, -0.15) is 0 Å². The summed E-state index contributed by atoms with van der Waals surface area (Å²) in [4.78, 5) is 10.9. The molecule has 14 heavy (non-hydrogen) atoms.